The average Bonchev–Trinajstić information content (AvgIpc) is 2.37. The zero-order chi connectivity index (χ0) is 13.4. The van der Waals surface area contributed by atoms with E-state index in [1.807, 2.05) is 0 Å². The molecule has 0 aliphatic heterocycles. The van der Waals surface area contributed by atoms with Crippen LogP contribution in [0.25, 0.3) is 0 Å². The molecule has 0 aromatic carbocycles. The summed E-state index contributed by atoms with van der Waals surface area (Å²) >= 11 is 0. The second-order valence-electron chi connectivity index (χ2n) is 5.47. The van der Waals surface area contributed by atoms with Crippen molar-refractivity contribution in [3.8, 4) is 0 Å². The fourth-order valence-corrected chi connectivity index (χ4v) is 3.07. The van der Waals surface area contributed by atoms with Crippen LogP contribution in [-0.4, -0.2) is 11.1 Å². The third kappa shape index (κ3) is 4.62. The van der Waals surface area contributed by atoms with E-state index in [2.05, 4.69) is 41.5 Å². The summed E-state index contributed by atoms with van der Waals surface area (Å²) in [7, 11) is 0. The first-order valence-corrected chi connectivity index (χ1v) is 7.81. The molecule has 0 aliphatic rings. The van der Waals surface area contributed by atoms with Gasteiger partial charge in [-0.2, -0.15) is 0 Å². The molecule has 0 N–H and O–H groups in total. The molecule has 0 heterocycles. The van der Waals surface area contributed by atoms with Crippen molar-refractivity contribution in [1.29, 1.82) is 0 Å². The van der Waals surface area contributed by atoms with E-state index in [4.69, 9.17) is 5.32 Å². The van der Waals surface area contributed by atoms with Crippen molar-refractivity contribution in [2.45, 2.75) is 104 Å². The molecule has 0 bridgehead atoms. The minimum atomic E-state index is 0.246. The SMILES string of the molecule is CCCC(CC)(CC)[N]C(CC)(CC)CCC. The first kappa shape index (κ1) is 17.0. The van der Waals surface area contributed by atoms with E-state index >= 15 is 0 Å². The van der Waals surface area contributed by atoms with Crippen LogP contribution in [-0.2, 0) is 0 Å². The molecule has 0 aromatic rings. The molecule has 0 aliphatic carbocycles. The van der Waals surface area contributed by atoms with Crippen molar-refractivity contribution in [1.82, 2.24) is 5.32 Å². The van der Waals surface area contributed by atoms with Gasteiger partial charge in [0.05, 0.1) is 0 Å². The molecular weight excluding hydrogens is 206 g/mol. The zero-order valence-corrected chi connectivity index (χ0v) is 13.1. The second kappa shape index (κ2) is 8.13. The minimum absolute atomic E-state index is 0.246. The Hall–Kier alpha value is -0.0400. The van der Waals surface area contributed by atoms with Crippen molar-refractivity contribution in [3.63, 3.8) is 0 Å². The Kier molecular flexibility index (Phi) is 8.11. The summed E-state index contributed by atoms with van der Waals surface area (Å²) in [4.78, 5) is 0. The van der Waals surface area contributed by atoms with Gasteiger partial charge in [0.25, 0.3) is 0 Å². The molecule has 1 heteroatoms. The summed E-state index contributed by atoms with van der Waals surface area (Å²) in [5.41, 5.74) is 0.492. The molecular formula is C16H34N. The van der Waals surface area contributed by atoms with Gasteiger partial charge in [0.2, 0.25) is 0 Å². The van der Waals surface area contributed by atoms with Crippen molar-refractivity contribution in [2.24, 2.45) is 0 Å². The predicted molar refractivity (Wildman–Crippen MR) is 78.6 cm³/mol. The summed E-state index contributed by atoms with van der Waals surface area (Å²) in [6.07, 6.45) is 9.80. The lowest BCUT2D eigenvalue weighted by Gasteiger charge is -2.42. The Balaban J connectivity index is 4.89. The van der Waals surface area contributed by atoms with Crippen LogP contribution in [0.5, 0.6) is 0 Å². The lowest BCUT2D eigenvalue weighted by atomic mass is 9.80. The third-order valence-corrected chi connectivity index (χ3v) is 4.54. The Morgan fingerprint density at radius 1 is 0.588 bits per heavy atom. The van der Waals surface area contributed by atoms with Crippen molar-refractivity contribution >= 4 is 0 Å². The first-order chi connectivity index (χ1) is 8.07. The topological polar surface area (TPSA) is 14.1 Å². The van der Waals surface area contributed by atoms with E-state index in [1.54, 1.807) is 0 Å². The maximum absolute atomic E-state index is 5.39. The predicted octanol–water partition coefficient (Wildman–Crippen LogP) is 5.31. The zero-order valence-electron chi connectivity index (χ0n) is 13.1. The van der Waals surface area contributed by atoms with Crippen LogP contribution in [0.1, 0.15) is 92.9 Å². The second-order valence-corrected chi connectivity index (χ2v) is 5.47. The number of rotatable bonds is 10. The standard InChI is InChI=1S/C16H34N/c1-7-13-15(9-3,10-4)17-16(11-5,12-6)14-8-2/h7-14H2,1-6H3. The summed E-state index contributed by atoms with van der Waals surface area (Å²) < 4.78 is 0. The van der Waals surface area contributed by atoms with Gasteiger partial charge in [-0.3, -0.25) is 0 Å². The van der Waals surface area contributed by atoms with Gasteiger partial charge in [-0.15, -0.1) is 0 Å². The van der Waals surface area contributed by atoms with Crippen LogP contribution in [0.4, 0.5) is 0 Å². The number of hydrogen-bond donors (Lipinski definition) is 0. The highest BCUT2D eigenvalue weighted by Gasteiger charge is 2.36. The van der Waals surface area contributed by atoms with E-state index in [0.29, 0.717) is 0 Å². The summed E-state index contributed by atoms with van der Waals surface area (Å²) in [6, 6.07) is 0. The van der Waals surface area contributed by atoms with Crippen LogP contribution >= 0.6 is 0 Å². The quantitative estimate of drug-likeness (QED) is 0.491. The van der Waals surface area contributed by atoms with E-state index in [9.17, 15) is 0 Å². The molecule has 0 fully saturated rings. The van der Waals surface area contributed by atoms with Gasteiger partial charge in [0.1, 0.15) is 0 Å². The molecule has 0 atom stereocenters. The highest BCUT2D eigenvalue weighted by Crippen LogP contribution is 2.32. The third-order valence-electron chi connectivity index (χ3n) is 4.54. The van der Waals surface area contributed by atoms with Crippen LogP contribution in [0.2, 0.25) is 0 Å². The Bertz CT molecular complexity index is 158. The van der Waals surface area contributed by atoms with Crippen LogP contribution in [0.3, 0.4) is 0 Å². The van der Waals surface area contributed by atoms with E-state index in [-0.39, 0.29) is 11.1 Å². The van der Waals surface area contributed by atoms with E-state index < -0.39 is 0 Å². The number of hydrogen-bond acceptors (Lipinski definition) is 0. The van der Waals surface area contributed by atoms with Gasteiger partial charge in [0.15, 0.2) is 0 Å². The molecule has 0 saturated carbocycles. The molecule has 0 spiro atoms. The van der Waals surface area contributed by atoms with E-state index in [1.165, 1.54) is 51.4 Å². The van der Waals surface area contributed by atoms with Gasteiger partial charge >= 0.3 is 0 Å². The molecule has 0 amide bonds. The maximum atomic E-state index is 5.39. The molecule has 0 aromatic heterocycles. The van der Waals surface area contributed by atoms with Crippen LogP contribution < -0.4 is 5.32 Å². The lowest BCUT2D eigenvalue weighted by Crippen LogP contribution is -2.51. The fraction of sp³-hybridized carbons (Fsp3) is 1.00. The fourth-order valence-electron chi connectivity index (χ4n) is 3.07. The Morgan fingerprint density at radius 3 is 1.06 bits per heavy atom. The van der Waals surface area contributed by atoms with Crippen LogP contribution in [0.15, 0.2) is 0 Å². The van der Waals surface area contributed by atoms with Crippen molar-refractivity contribution in [3.05, 3.63) is 0 Å². The molecule has 17 heavy (non-hydrogen) atoms. The Morgan fingerprint density at radius 2 is 0.882 bits per heavy atom. The Labute approximate surface area is 110 Å². The van der Waals surface area contributed by atoms with Crippen molar-refractivity contribution < 1.29 is 0 Å². The maximum Gasteiger partial charge on any atom is 0.0358 e. The van der Waals surface area contributed by atoms with Gasteiger partial charge in [0, 0.05) is 11.1 Å². The summed E-state index contributed by atoms with van der Waals surface area (Å²) in [6.45, 7) is 13.8. The molecule has 0 saturated heterocycles. The molecule has 0 unspecified atom stereocenters. The lowest BCUT2D eigenvalue weighted by molar-refractivity contribution is 0.148. The minimum Gasteiger partial charge on any atom is -0.229 e. The van der Waals surface area contributed by atoms with Gasteiger partial charge < -0.3 is 0 Å². The normalized spacial score (nSPS) is 13.1. The molecule has 103 valence electrons. The average molecular weight is 240 g/mol. The molecule has 0 rings (SSSR count). The highest BCUT2D eigenvalue weighted by molar-refractivity contribution is 4.95. The number of nitrogens with zero attached hydrogens (tertiary/aromatic N) is 1. The van der Waals surface area contributed by atoms with Gasteiger partial charge in [-0.25, -0.2) is 5.32 Å². The monoisotopic (exact) mass is 240 g/mol. The largest absolute Gasteiger partial charge is 0.229 e. The van der Waals surface area contributed by atoms with E-state index in [0.717, 1.165) is 0 Å². The summed E-state index contributed by atoms with van der Waals surface area (Å²) in [5, 5.41) is 5.39. The molecule has 1 nitrogen and oxygen atoms in total. The van der Waals surface area contributed by atoms with Crippen molar-refractivity contribution in [2.75, 3.05) is 0 Å². The van der Waals surface area contributed by atoms with Gasteiger partial charge in [-0.05, 0) is 38.5 Å². The van der Waals surface area contributed by atoms with Gasteiger partial charge in [-0.1, -0.05) is 54.4 Å². The molecule has 1 radical (unpaired) electrons. The van der Waals surface area contributed by atoms with Crippen LogP contribution in [0, 0.1) is 0 Å². The highest BCUT2D eigenvalue weighted by atomic mass is 15.1. The smallest absolute Gasteiger partial charge is 0.0358 e. The first-order valence-electron chi connectivity index (χ1n) is 7.81. The summed E-state index contributed by atoms with van der Waals surface area (Å²) in [5.74, 6) is 0.